The van der Waals surface area contributed by atoms with Gasteiger partial charge in [-0.2, -0.15) is 5.10 Å². The lowest BCUT2D eigenvalue weighted by Gasteiger charge is -2.22. The summed E-state index contributed by atoms with van der Waals surface area (Å²) in [7, 11) is 0. The van der Waals surface area contributed by atoms with E-state index in [0.717, 1.165) is 12.6 Å². The maximum atomic E-state index is 3.92. The van der Waals surface area contributed by atoms with Crippen molar-refractivity contribution in [3.05, 3.63) is 18.0 Å². The summed E-state index contributed by atoms with van der Waals surface area (Å²) < 4.78 is 0. The molecule has 0 saturated heterocycles. The lowest BCUT2D eigenvalue weighted by Crippen LogP contribution is -2.30. The zero-order valence-corrected chi connectivity index (χ0v) is 7.92. The second kappa shape index (κ2) is 4.42. The zero-order chi connectivity index (χ0) is 8.93. The van der Waals surface area contributed by atoms with Crippen LogP contribution in [0.5, 0.6) is 0 Å². The molecule has 1 heterocycles. The Morgan fingerprint density at radius 2 is 2.23 bits per heavy atom. The van der Waals surface area contributed by atoms with Crippen LogP contribution >= 0.6 is 0 Å². The van der Waals surface area contributed by atoms with Gasteiger partial charge >= 0.3 is 0 Å². The number of aromatic nitrogens is 2. The number of hydrogen-bond acceptors (Lipinski definition) is 2. The Morgan fingerprint density at radius 3 is 2.92 bits per heavy atom. The molecule has 0 atom stereocenters. The van der Waals surface area contributed by atoms with Gasteiger partial charge in [0, 0.05) is 24.5 Å². The Bertz CT molecular complexity index is 224. The molecule has 1 saturated carbocycles. The van der Waals surface area contributed by atoms with Crippen molar-refractivity contribution in [3.63, 3.8) is 0 Å². The highest BCUT2D eigenvalue weighted by Gasteiger charge is 2.12. The van der Waals surface area contributed by atoms with E-state index >= 15 is 0 Å². The Labute approximate surface area is 78.9 Å². The molecule has 0 bridgehead atoms. The average molecular weight is 179 g/mol. The van der Waals surface area contributed by atoms with E-state index < -0.39 is 0 Å². The minimum Gasteiger partial charge on any atom is -0.308 e. The normalized spacial score (nSPS) is 19.1. The first-order chi connectivity index (χ1) is 6.45. The third-order valence-electron chi connectivity index (χ3n) is 2.74. The van der Waals surface area contributed by atoms with Crippen molar-refractivity contribution in [2.75, 3.05) is 0 Å². The van der Waals surface area contributed by atoms with Crippen molar-refractivity contribution in [2.24, 2.45) is 0 Å². The van der Waals surface area contributed by atoms with E-state index in [1.807, 2.05) is 6.07 Å². The molecule has 0 radical (unpaired) electrons. The molecule has 2 rings (SSSR count). The fourth-order valence-electron chi connectivity index (χ4n) is 1.94. The summed E-state index contributed by atoms with van der Waals surface area (Å²) in [6.07, 6.45) is 8.68. The van der Waals surface area contributed by atoms with E-state index in [4.69, 9.17) is 0 Å². The minimum absolute atomic E-state index is 0.733. The van der Waals surface area contributed by atoms with Crippen molar-refractivity contribution >= 4 is 0 Å². The first-order valence-corrected chi connectivity index (χ1v) is 5.17. The standard InChI is InChI=1S/C10H17N3/c1-2-4-9(5-3-1)11-8-10-6-7-12-13-10/h6-7,9,11H,1-5,8H2,(H,12,13). The summed E-state index contributed by atoms with van der Waals surface area (Å²) in [4.78, 5) is 0. The molecule has 0 aromatic carbocycles. The van der Waals surface area contributed by atoms with Gasteiger partial charge in [0.1, 0.15) is 0 Å². The number of nitrogens with zero attached hydrogens (tertiary/aromatic N) is 1. The predicted octanol–water partition coefficient (Wildman–Crippen LogP) is 1.83. The molecular weight excluding hydrogens is 162 g/mol. The maximum Gasteiger partial charge on any atom is 0.0490 e. The summed E-state index contributed by atoms with van der Waals surface area (Å²) in [6.45, 7) is 0.935. The van der Waals surface area contributed by atoms with Crippen molar-refractivity contribution in [1.82, 2.24) is 15.5 Å². The van der Waals surface area contributed by atoms with Crippen LogP contribution in [0.4, 0.5) is 0 Å². The maximum absolute atomic E-state index is 3.92. The summed E-state index contributed by atoms with van der Waals surface area (Å²) in [5.74, 6) is 0. The molecule has 0 spiro atoms. The smallest absolute Gasteiger partial charge is 0.0490 e. The average Bonchev–Trinajstić information content (AvgIpc) is 2.69. The quantitative estimate of drug-likeness (QED) is 0.743. The SMILES string of the molecule is c1cc(CNC2CCCCC2)[nH]n1. The molecule has 0 amide bonds. The molecular formula is C10H17N3. The largest absolute Gasteiger partial charge is 0.308 e. The van der Waals surface area contributed by atoms with Crippen LogP contribution in [0.1, 0.15) is 37.8 Å². The lowest BCUT2D eigenvalue weighted by molar-refractivity contribution is 0.371. The van der Waals surface area contributed by atoms with Crippen molar-refractivity contribution in [1.29, 1.82) is 0 Å². The molecule has 3 nitrogen and oxygen atoms in total. The first-order valence-electron chi connectivity index (χ1n) is 5.17. The lowest BCUT2D eigenvalue weighted by atomic mass is 9.95. The van der Waals surface area contributed by atoms with Crippen LogP contribution in [0.15, 0.2) is 12.3 Å². The van der Waals surface area contributed by atoms with Crippen molar-refractivity contribution < 1.29 is 0 Å². The van der Waals surface area contributed by atoms with Crippen LogP contribution in [0.3, 0.4) is 0 Å². The van der Waals surface area contributed by atoms with Gasteiger partial charge in [0.15, 0.2) is 0 Å². The van der Waals surface area contributed by atoms with E-state index in [9.17, 15) is 0 Å². The monoisotopic (exact) mass is 179 g/mol. The van der Waals surface area contributed by atoms with Crippen LogP contribution in [0.2, 0.25) is 0 Å². The Morgan fingerprint density at radius 1 is 1.38 bits per heavy atom. The fraction of sp³-hybridized carbons (Fsp3) is 0.700. The van der Waals surface area contributed by atoms with Gasteiger partial charge < -0.3 is 5.32 Å². The summed E-state index contributed by atoms with van der Waals surface area (Å²) in [6, 6.07) is 2.76. The van der Waals surface area contributed by atoms with Gasteiger partial charge in [-0.05, 0) is 18.9 Å². The minimum atomic E-state index is 0.733. The van der Waals surface area contributed by atoms with E-state index in [1.165, 1.54) is 37.8 Å². The molecule has 1 aliphatic rings. The highest BCUT2D eigenvalue weighted by Crippen LogP contribution is 2.17. The third-order valence-corrected chi connectivity index (χ3v) is 2.74. The summed E-state index contributed by atoms with van der Waals surface area (Å²) in [5, 5.41) is 10.4. The van der Waals surface area contributed by atoms with E-state index in [2.05, 4.69) is 15.5 Å². The van der Waals surface area contributed by atoms with Gasteiger partial charge in [0.2, 0.25) is 0 Å². The number of nitrogens with one attached hydrogen (secondary N) is 2. The topological polar surface area (TPSA) is 40.7 Å². The summed E-state index contributed by atoms with van der Waals surface area (Å²) >= 11 is 0. The van der Waals surface area contributed by atoms with Crippen molar-refractivity contribution in [3.8, 4) is 0 Å². The van der Waals surface area contributed by atoms with E-state index in [0.29, 0.717) is 0 Å². The number of H-pyrrole nitrogens is 1. The summed E-state index contributed by atoms with van der Waals surface area (Å²) in [5.41, 5.74) is 1.19. The van der Waals surface area contributed by atoms with Crippen LogP contribution in [0.25, 0.3) is 0 Å². The third kappa shape index (κ3) is 2.56. The van der Waals surface area contributed by atoms with Gasteiger partial charge in [0.25, 0.3) is 0 Å². The van der Waals surface area contributed by atoms with Crippen LogP contribution in [-0.2, 0) is 6.54 Å². The fourth-order valence-corrected chi connectivity index (χ4v) is 1.94. The highest BCUT2D eigenvalue weighted by atomic mass is 15.1. The number of rotatable bonds is 3. The Kier molecular flexibility index (Phi) is 2.98. The molecule has 13 heavy (non-hydrogen) atoms. The molecule has 1 fully saturated rings. The molecule has 1 aromatic rings. The predicted molar refractivity (Wildman–Crippen MR) is 52.3 cm³/mol. The second-order valence-electron chi connectivity index (χ2n) is 3.80. The van der Waals surface area contributed by atoms with Gasteiger partial charge in [0.05, 0.1) is 0 Å². The Balaban J connectivity index is 1.72. The molecule has 3 heteroatoms. The Hall–Kier alpha value is -0.830. The van der Waals surface area contributed by atoms with Gasteiger partial charge in [-0.1, -0.05) is 19.3 Å². The molecule has 0 unspecified atom stereocenters. The first kappa shape index (κ1) is 8.75. The molecule has 2 N–H and O–H groups in total. The molecule has 1 aliphatic carbocycles. The van der Waals surface area contributed by atoms with Gasteiger partial charge in [-0.15, -0.1) is 0 Å². The highest BCUT2D eigenvalue weighted by molar-refractivity contribution is 4.97. The van der Waals surface area contributed by atoms with E-state index in [-0.39, 0.29) is 0 Å². The van der Waals surface area contributed by atoms with Gasteiger partial charge in [-0.3, -0.25) is 5.10 Å². The van der Waals surface area contributed by atoms with Crippen LogP contribution in [-0.4, -0.2) is 16.2 Å². The molecule has 72 valence electrons. The van der Waals surface area contributed by atoms with Gasteiger partial charge in [-0.25, -0.2) is 0 Å². The number of hydrogen-bond donors (Lipinski definition) is 2. The van der Waals surface area contributed by atoms with Crippen LogP contribution in [0, 0.1) is 0 Å². The second-order valence-corrected chi connectivity index (χ2v) is 3.80. The number of aromatic amines is 1. The van der Waals surface area contributed by atoms with E-state index in [1.54, 1.807) is 6.20 Å². The van der Waals surface area contributed by atoms with Crippen molar-refractivity contribution in [2.45, 2.75) is 44.7 Å². The zero-order valence-electron chi connectivity index (χ0n) is 7.92. The molecule has 1 aromatic heterocycles. The molecule has 0 aliphatic heterocycles. The van der Waals surface area contributed by atoms with Crippen LogP contribution < -0.4 is 5.32 Å².